The summed E-state index contributed by atoms with van der Waals surface area (Å²) in [5, 5.41) is 4.20. The molecule has 1 aromatic carbocycles. The first kappa shape index (κ1) is 15.5. The molecule has 0 bridgehead atoms. The van der Waals surface area contributed by atoms with Gasteiger partial charge in [-0.1, -0.05) is 36.0 Å². The van der Waals surface area contributed by atoms with E-state index in [2.05, 4.69) is 5.32 Å². The molecule has 1 aliphatic heterocycles. The number of likely N-dealkylation sites (tertiary alicyclic amines) is 1. The van der Waals surface area contributed by atoms with Crippen molar-refractivity contribution in [2.24, 2.45) is 0 Å². The lowest BCUT2D eigenvalue weighted by molar-refractivity contribution is -0.131. The molecule has 110 valence electrons. The SMILES string of the molecule is CC(Nc1ccc(Cl)c(Cl)c1)C(=O)N1CCCCCC1. The number of nitrogens with zero attached hydrogens (tertiary/aromatic N) is 1. The summed E-state index contributed by atoms with van der Waals surface area (Å²) in [4.78, 5) is 14.4. The van der Waals surface area contributed by atoms with E-state index in [-0.39, 0.29) is 11.9 Å². The lowest BCUT2D eigenvalue weighted by Gasteiger charge is -2.25. The highest BCUT2D eigenvalue weighted by Gasteiger charge is 2.21. The lowest BCUT2D eigenvalue weighted by Crippen LogP contribution is -2.41. The fourth-order valence-electron chi connectivity index (χ4n) is 2.46. The van der Waals surface area contributed by atoms with Crippen LogP contribution in [-0.4, -0.2) is 29.9 Å². The number of anilines is 1. The van der Waals surface area contributed by atoms with Crippen molar-refractivity contribution in [1.82, 2.24) is 4.90 Å². The van der Waals surface area contributed by atoms with Crippen LogP contribution in [-0.2, 0) is 4.79 Å². The van der Waals surface area contributed by atoms with Gasteiger partial charge in [-0.15, -0.1) is 0 Å². The average molecular weight is 315 g/mol. The van der Waals surface area contributed by atoms with Crippen molar-refractivity contribution in [2.45, 2.75) is 38.6 Å². The minimum atomic E-state index is -0.259. The quantitative estimate of drug-likeness (QED) is 0.907. The lowest BCUT2D eigenvalue weighted by atomic mass is 10.2. The Hall–Kier alpha value is -0.930. The highest BCUT2D eigenvalue weighted by atomic mass is 35.5. The van der Waals surface area contributed by atoms with E-state index in [0.29, 0.717) is 10.0 Å². The second-order valence-corrected chi connectivity index (χ2v) is 6.05. The molecule has 5 heteroatoms. The monoisotopic (exact) mass is 314 g/mol. The fourth-order valence-corrected chi connectivity index (χ4v) is 2.76. The molecule has 1 atom stereocenters. The number of amides is 1. The number of nitrogens with one attached hydrogen (secondary N) is 1. The first-order chi connectivity index (χ1) is 9.58. The van der Waals surface area contributed by atoms with E-state index in [1.165, 1.54) is 12.8 Å². The molecular weight excluding hydrogens is 295 g/mol. The smallest absolute Gasteiger partial charge is 0.244 e. The number of hydrogen-bond donors (Lipinski definition) is 1. The first-order valence-electron chi connectivity index (χ1n) is 7.08. The largest absolute Gasteiger partial charge is 0.374 e. The van der Waals surface area contributed by atoms with Crippen LogP contribution in [0.2, 0.25) is 10.0 Å². The number of hydrogen-bond acceptors (Lipinski definition) is 2. The molecule has 0 saturated carbocycles. The third-order valence-electron chi connectivity index (χ3n) is 3.59. The molecule has 1 amide bonds. The van der Waals surface area contributed by atoms with Gasteiger partial charge in [-0.05, 0) is 38.0 Å². The number of halogens is 2. The van der Waals surface area contributed by atoms with Gasteiger partial charge in [-0.2, -0.15) is 0 Å². The van der Waals surface area contributed by atoms with Crippen molar-refractivity contribution in [3.05, 3.63) is 28.2 Å². The van der Waals surface area contributed by atoms with Gasteiger partial charge in [0.25, 0.3) is 0 Å². The Balaban J connectivity index is 1.97. The topological polar surface area (TPSA) is 32.3 Å². The Kier molecular flexibility index (Phi) is 5.55. The zero-order valence-electron chi connectivity index (χ0n) is 11.7. The Bertz CT molecular complexity index is 471. The zero-order chi connectivity index (χ0) is 14.5. The van der Waals surface area contributed by atoms with Gasteiger partial charge >= 0.3 is 0 Å². The molecular formula is C15H20Cl2N2O. The van der Waals surface area contributed by atoms with Crippen LogP contribution in [0.5, 0.6) is 0 Å². The Morgan fingerprint density at radius 2 is 1.80 bits per heavy atom. The van der Waals surface area contributed by atoms with Gasteiger partial charge in [-0.3, -0.25) is 4.79 Å². The molecule has 1 unspecified atom stereocenters. The van der Waals surface area contributed by atoms with Crippen molar-refractivity contribution < 1.29 is 4.79 Å². The highest BCUT2D eigenvalue weighted by Crippen LogP contribution is 2.25. The van der Waals surface area contributed by atoms with E-state index in [0.717, 1.165) is 31.6 Å². The summed E-state index contributed by atoms with van der Waals surface area (Å²) in [5.74, 6) is 0.151. The second-order valence-electron chi connectivity index (χ2n) is 5.23. The summed E-state index contributed by atoms with van der Waals surface area (Å²) in [6.07, 6.45) is 4.65. The van der Waals surface area contributed by atoms with Crippen LogP contribution in [0.4, 0.5) is 5.69 Å². The summed E-state index contributed by atoms with van der Waals surface area (Å²) in [6, 6.07) is 5.05. The van der Waals surface area contributed by atoms with Crippen molar-refractivity contribution in [3.63, 3.8) is 0 Å². The third kappa shape index (κ3) is 4.03. The van der Waals surface area contributed by atoms with E-state index in [9.17, 15) is 4.79 Å². The van der Waals surface area contributed by atoms with E-state index in [1.54, 1.807) is 12.1 Å². The van der Waals surface area contributed by atoms with E-state index in [1.807, 2.05) is 17.9 Å². The van der Waals surface area contributed by atoms with Gasteiger partial charge in [0.1, 0.15) is 6.04 Å². The molecule has 0 spiro atoms. The summed E-state index contributed by atoms with van der Waals surface area (Å²) in [7, 11) is 0. The van der Waals surface area contributed by atoms with Gasteiger partial charge in [0.2, 0.25) is 5.91 Å². The average Bonchev–Trinajstić information content (AvgIpc) is 2.71. The molecule has 1 saturated heterocycles. The van der Waals surface area contributed by atoms with Gasteiger partial charge < -0.3 is 10.2 Å². The van der Waals surface area contributed by atoms with Gasteiger partial charge in [0, 0.05) is 18.8 Å². The van der Waals surface area contributed by atoms with Crippen molar-refractivity contribution in [3.8, 4) is 0 Å². The van der Waals surface area contributed by atoms with E-state index >= 15 is 0 Å². The summed E-state index contributed by atoms with van der Waals surface area (Å²) in [6.45, 7) is 3.62. The minimum Gasteiger partial charge on any atom is -0.374 e. The fraction of sp³-hybridized carbons (Fsp3) is 0.533. The van der Waals surface area contributed by atoms with E-state index in [4.69, 9.17) is 23.2 Å². The molecule has 1 aromatic rings. The number of carbonyl (C=O) groups excluding carboxylic acids is 1. The molecule has 1 fully saturated rings. The molecule has 1 aliphatic rings. The molecule has 3 nitrogen and oxygen atoms in total. The van der Waals surface area contributed by atoms with Crippen LogP contribution < -0.4 is 5.32 Å². The number of rotatable bonds is 3. The molecule has 0 aromatic heterocycles. The Labute approximate surface area is 130 Å². The van der Waals surface area contributed by atoms with Crippen LogP contribution in [0.3, 0.4) is 0 Å². The minimum absolute atomic E-state index is 0.151. The molecule has 0 radical (unpaired) electrons. The van der Waals surface area contributed by atoms with Crippen molar-refractivity contribution in [2.75, 3.05) is 18.4 Å². The van der Waals surface area contributed by atoms with Crippen LogP contribution >= 0.6 is 23.2 Å². The maximum atomic E-state index is 12.4. The number of carbonyl (C=O) groups is 1. The van der Waals surface area contributed by atoms with Crippen LogP contribution in [0.15, 0.2) is 18.2 Å². The summed E-state index contributed by atoms with van der Waals surface area (Å²) in [5.41, 5.74) is 0.815. The van der Waals surface area contributed by atoms with Crippen molar-refractivity contribution in [1.29, 1.82) is 0 Å². The Morgan fingerprint density at radius 3 is 2.40 bits per heavy atom. The maximum Gasteiger partial charge on any atom is 0.244 e. The van der Waals surface area contributed by atoms with E-state index < -0.39 is 0 Å². The maximum absolute atomic E-state index is 12.4. The zero-order valence-corrected chi connectivity index (χ0v) is 13.2. The molecule has 1 N–H and O–H groups in total. The van der Waals surface area contributed by atoms with Gasteiger partial charge in [-0.25, -0.2) is 0 Å². The Morgan fingerprint density at radius 1 is 1.15 bits per heavy atom. The van der Waals surface area contributed by atoms with Crippen molar-refractivity contribution >= 4 is 34.8 Å². The molecule has 1 heterocycles. The molecule has 20 heavy (non-hydrogen) atoms. The standard InChI is InChI=1S/C15H20Cl2N2O/c1-11(15(20)19-8-4-2-3-5-9-19)18-12-6-7-13(16)14(17)10-12/h6-7,10-11,18H,2-5,8-9H2,1H3. The van der Waals surface area contributed by atoms with Crippen LogP contribution in [0, 0.1) is 0 Å². The third-order valence-corrected chi connectivity index (χ3v) is 4.33. The summed E-state index contributed by atoms with van der Waals surface area (Å²) < 4.78 is 0. The highest BCUT2D eigenvalue weighted by molar-refractivity contribution is 6.42. The predicted molar refractivity (Wildman–Crippen MR) is 84.6 cm³/mol. The molecule has 0 aliphatic carbocycles. The van der Waals surface area contributed by atoms with Crippen LogP contribution in [0.25, 0.3) is 0 Å². The first-order valence-corrected chi connectivity index (χ1v) is 7.84. The second kappa shape index (κ2) is 7.19. The van der Waals surface area contributed by atoms with Gasteiger partial charge in [0.05, 0.1) is 10.0 Å². The van der Waals surface area contributed by atoms with Gasteiger partial charge in [0.15, 0.2) is 0 Å². The number of benzene rings is 1. The predicted octanol–water partition coefficient (Wildman–Crippen LogP) is 4.20. The molecule has 2 rings (SSSR count). The van der Waals surface area contributed by atoms with Crippen LogP contribution in [0.1, 0.15) is 32.6 Å². The normalized spacial score (nSPS) is 17.4. The summed E-state index contributed by atoms with van der Waals surface area (Å²) >= 11 is 11.9.